The van der Waals surface area contributed by atoms with Crippen LogP contribution in [-0.2, 0) is 36.4 Å². The third kappa shape index (κ3) is 3.29. The van der Waals surface area contributed by atoms with Crippen molar-refractivity contribution in [2.45, 2.75) is 18.1 Å². The van der Waals surface area contributed by atoms with Crippen LogP contribution in [0.25, 0.3) is 22.7 Å². The van der Waals surface area contributed by atoms with E-state index in [9.17, 15) is 13.2 Å². The fourth-order valence-corrected chi connectivity index (χ4v) is 5.92. The molecule has 0 N–H and O–H groups in total. The topological polar surface area (TPSA) is 61.4 Å². The summed E-state index contributed by atoms with van der Waals surface area (Å²) in [6, 6.07) is 0.904. The summed E-state index contributed by atoms with van der Waals surface area (Å²) in [5.74, 6) is 1.28. The minimum absolute atomic E-state index is 0.131. The number of aromatic nitrogens is 6. The summed E-state index contributed by atoms with van der Waals surface area (Å²) in [6.45, 7) is 2.01. The van der Waals surface area contributed by atoms with Gasteiger partial charge in [-0.3, -0.25) is 0 Å². The first-order chi connectivity index (χ1) is 11.8. The Hall–Kier alpha value is -1.19. The van der Waals surface area contributed by atoms with Gasteiger partial charge in [0.1, 0.15) is 0 Å². The standard InChI is InChI=1S/C13H12F3N6S.ClH.Zn/c1-4-23-12-9(17-6-21(12)2)11-18-7-5-8(13(14,15)16)19-20-10(7)22(11)3;;/h5H,4H2,1-3H3;1H;/q;;+1/p-1. The zero-order chi connectivity index (χ0) is 18.4. The first-order valence-electron chi connectivity index (χ1n) is 7.30. The van der Waals surface area contributed by atoms with Crippen LogP contribution in [0.2, 0.25) is 0 Å². The summed E-state index contributed by atoms with van der Waals surface area (Å²) in [4.78, 5) is 8.92. The molecule has 0 saturated carbocycles. The molecule has 0 saturated heterocycles. The number of nitrogens with zero attached hydrogens (tertiary/aromatic N) is 6. The maximum absolute atomic E-state index is 12.8. The van der Waals surface area contributed by atoms with Crippen LogP contribution in [0.3, 0.4) is 0 Å². The Morgan fingerprint density at radius 2 is 1.92 bits per heavy atom. The molecule has 3 heterocycles. The van der Waals surface area contributed by atoms with Gasteiger partial charge < -0.3 is 0 Å². The molecule has 130 valence electrons. The summed E-state index contributed by atoms with van der Waals surface area (Å²) >= 11 is 0.122. The van der Waals surface area contributed by atoms with Crippen LogP contribution >= 0.6 is 21.5 Å². The fourth-order valence-electron chi connectivity index (χ4n) is 2.43. The number of thioether (sulfide) groups is 1. The quantitative estimate of drug-likeness (QED) is 0.460. The molecule has 0 radical (unpaired) electrons. The van der Waals surface area contributed by atoms with Crippen molar-refractivity contribution in [2.75, 3.05) is 5.75 Å². The van der Waals surface area contributed by atoms with Crippen LogP contribution in [0.1, 0.15) is 12.6 Å². The van der Waals surface area contributed by atoms with Crippen molar-refractivity contribution < 1.29 is 29.3 Å². The Bertz CT molecular complexity index is 938. The van der Waals surface area contributed by atoms with Crippen molar-refractivity contribution in [2.24, 2.45) is 14.1 Å². The van der Waals surface area contributed by atoms with Crippen molar-refractivity contribution in [3.63, 3.8) is 0 Å². The summed E-state index contributed by atoms with van der Waals surface area (Å²) in [6.07, 6.45) is -4.56. The molecule has 0 aliphatic rings. The summed E-state index contributed by atoms with van der Waals surface area (Å²) in [7, 11) is 9.69. The molecule has 0 fully saturated rings. The van der Waals surface area contributed by atoms with Gasteiger partial charge in [0.25, 0.3) is 0 Å². The molecule has 0 bridgehead atoms. The Kier molecular flexibility index (Phi) is 5.10. The van der Waals surface area contributed by atoms with Crippen molar-refractivity contribution in [1.29, 1.82) is 0 Å². The number of rotatable bonds is 4. The second-order valence-electron chi connectivity index (χ2n) is 5.24. The monoisotopic (exact) mass is 440 g/mol. The van der Waals surface area contributed by atoms with E-state index in [1.807, 2.05) is 18.5 Å². The first kappa shape index (κ1) is 18.6. The number of alkyl halides is 3. The van der Waals surface area contributed by atoms with E-state index >= 15 is 0 Å². The fraction of sp³-hybridized carbons (Fsp3) is 0.385. The van der Waals surface area contributed by atoms with Crippen molar-refractivity contribution in [1.82, 2.24) is 29.3 Å². The van der Waals surface area contributed by atoms with Crippen LogP contribution in [0.4, 0.5) is 13.2 Å². The van der Waals surface area contributed by atoms with Gasteiger partial charge >= 0.3 is 157 Å². The molecular formula is C13H12ClF3N6SZn. The van der Waals surface area contributed by atoms with Gasteiger partial charge in [0.05, 0.1) is 0 Å². The van der Waals surface area contributed by atoms with Gasteiger partial charge in [-0.1, -0.05) is 0 Å². The number of fused-ring (bicyclic) bond motifs is 1. The normalized spacial score (nSPS) is 12.0. The number of halogens is 4. The molecule has 3 aromatic rings. The van der Waals surface area contributed by atoms with Gasteiger partial charge in [0.2, 0.25) is 0 Å². The van der Waals surface area contributed by atoms with Crippen molar-refractivity contribution >= 4 is 37.0 Å². The number of hydrogen-bond acceptors (Lipinski definition) is 5. The van der Waals surface area contributed by atoms with Gasteiger partial charge in [-0.05, 0) is 0 Å². The predicted octanol–water partition coefficient (Wildman–Crippen LogP) is 2.76. The average molecular weight is 442 g/mol. The molecule has 0 aromatic carbocycles. The Morgan fingerprint density at radius 3 is 2.52 bits per heavy atom. The van der Waals surface area contributed by atoms with Crippen LogP contribution < -0.4 is 4.42 Å². The molecule has 3 aromatic heterocycles. The zero-order valence-electron chi connectivity index (χ0n) is 13.6. The minimum atomic E-state index is -4.56. The summed E-state index contributed by atoms with van der Waals surface area (Å²) in [5, 5.41) is 7.85. The molecule has 25 heavy (non-hydrogen) atoms. The van der Waals surface area contributed by atoms with Crippen molar-refractivity contribution in [3.05, 3.63) is 11.8 Å². The maximum atomic E-state index is 12.8. The van der Waals surface area contributed by atoms with Gasteiger partial charge in [0, 0.05) is 0 Å². The third-order valence-corrected chi connectivity index (χ3v) is 7.75. The SMILES string of the molecule is CCSc1c(-c2nc3cc(C(F)(F)F)nnc3n2C)n[c]([Zn][Cl])n1C. The van der Waals surface area contributed by atoms with E-state index in [-0.39, 0.29) is 11.2 Å². The van der Waals surface area contributed by atoms with E-state index in [0.29, 0.717) is 11.5 Å². The van der Waals surface area contributed by atoms with Crippen LogP contribution in [0.5, 0.6) is 0 Å². The first-order valence-corrected chi connectivity index (χ1v) is 13.7. The zero-order valence-corrected chi connectivity index (χ0v) is 18.1. The number of imidazole rings is 2. The van der Waals surface area contributed by atoms with Crippen molar-refractivity contribution in [3.8, 4) is 11.5 Å². The van der Waals surface area contributed by atoms with E-state index in [1.165, 1.54) is 0 Å². The second kappa shape index (κ2) is 6.85. The molecule has 3 rings (SSSR count). The van der Waals surface area contributed by atoms with Gasteiger partial charge in [-0.25, -0.2) is 0 Å². The third-order valence-electron chi connectivity index (χ3n) is 3.65. The molecule has 12 heteroatoms. The van der Waals surface area contributed by atoms with Crippen LogP contribution in [0.15, 0.2) is 11.1 Å². The van der Waals surface area contributed by atoms with Crippen LogP contribution in [-0.4, -0.2) is 35.1 Å². The molecule has 0 spiro atoms. The molecule has 0 aliphatic heterocycles. The van der Waals surface area contributed by atoms with Gasteiger partial charge in [-0.15, -0.1) is 0 Å². The molecule has 0 atom stereocenters. The molecule has 0 aliphatic carbocycles. The molecule has 0 unspecified atom stereocenters. The Morgan fingerprint density at radius 1 is 1.20 bits per heavy atom. The van der Waals surface area contributed by atoms with E-state index in [0.717, 1.165) is 21.3 Å². The number of hydrogen-bond donors (Lipinski definition) is 0. The van der Waals surface area contributed by atoms with Gasteiger partial charge in [0.15, 0.2) is 0 Å². The predicted molar refractivity (Wildman–Crippen MR) is 85.4 cm³/mol. The summed E-state index contributed by atoms with van der Waals surface area (Å²) < 4.78 is 42.9. The van der Waals surface area contributed by atoms with E-state index in [2.05, 4.69) is 20.2 Å². The Labute approximate surface area is 156 Å². The number of aryl methyl sites for hydroxylation is 1. The second-order valence-corrected chi connectivity index (χ2v) is 9.77. The molecule has 0 amide bonds. The van der Waals surface area contributed by atoms with E-state index in [4.69, 9.17) is 9.69 Å². The van der Waals surface area contributed by atoms with Gasteiger partial charge in [-0.2, -0.15) is 0 Å². The summed E-state index contributed by atoms with van der Waals surface area (Å²) in [5.41, 5.74) is -0.0445. The van der Waals surface area contributed by atoms with E-state index in [1.54, 1.807) is 23.4 Å². The van der Waals surface area contributed by atoms with Crippen LogP contribution in [0, 0.1) is 0 Å². The Balaban J connectivity index is 2.21. The molecular weight excluding hydrogens is 430 g/mol. The molecule has 6 nitrogen and oxygen atoms in total. The van der Waals surface area contributed by atoms with E-state index < -0.39 is 28.0 Å². The average Bonchev–Trinajstić information content (AvgIpc) is 3.05.